The van der Waals surface area contributed by atoms with Gasteiger partial charge >= 0.3 is 11.9 Å². The van der Waals surface area contributed by atoms with Gasteiger partial charge in [-0.2, -0.15) is 0 Å². The van der Waals surface area contributed by atoms with Crippen molar-refractivity contribution in [1.29, 1.82) is 0 Å². The van der Waals surface area contributed by atoms with Gasteiger partial charge in [0.05, 0.1) is 6.61 Å². The third kappa shape index (κ3) is 5.90. The van der Waals surface area contributed by atoms with Crippen LogP contribution in [-0.4, -0.2) is 23.7 Å². The summed E-state index contributed by atoms with van der Waals surface area (Å²) in [5, 5.41) is 8.46. The Morgan fingerprint density at radius 2 is 2.08 bits per heavy atom. The first kappa shape index (κ1) is 11.7. The zero-order valence-corrected chi connectivity index (χ0v) is 7.87. The average Bonchev–Trinajstić information content (AvgIpc) is 2.11. The minimum atomic E-state index is -0.943. The fraction of sp³-hybridized carbons (Fsp3) is 0.556. The number of carboxylic acids is 1. The van der Waals surface area contributed by atoms with Crippen molar-refractivity contribution in [3.63, 3.8) is 0 Å². The number of ether oxygens (including phenoxy) is 1. The van der Waals surface area contributed by atoms with E-state index in [4.69, 9.17) is 9.84 Å². The van der Waals surface area contributed by atoms with Crippen molar-refractivity contribution in [3.8, 4) is 0 Å². The van der Waals surface area contributed by atoms with Gasteiger partial charge in [0.15, 0.2) is 0 Å². The van der Waals surface area contributed by atoms with Crippen LogP contribution in [0.25, 0.3) is 0 Å². The lowest BCUT2D eigenvalue weighted by Gasteiger charge is -1.99. The molecular weight excluding hydrogens is 172 g/mol. The van der Waals surface area contributed by atoms with Crippen molar-refractivity contribution in [1.82, 2.24) is 0 Å². The van der Waals surface area contributed by atoms with Crippen LogP contribution >= 0.6 is 0 Å². The Hall–Kier alpha value is -1.32. The maximum absolute atomic E-state index is 10.6. The molecule has 0 aliphatic rings. The summed E-state index contributed by atoms with van der Waals surface area (Å²) >= 11 is 0. The molecule has 0 radical (unpaired) electrons. The van der Waals surface area contributed by atoms with E-state index in [0.29, 0.717) is 12.8 Å². The second kappa shape index (κ2) is 6.22. The number of esters is 1. The summed E-state index contributed by atoms with van der Waals surface area (Å²) in [6, 6.07) is 0. The molecule has 0 aromatic heterocycles. The maximum Gasteiger partial charge on any atom is 0.330 e. The quantitative estimate of drug-likeness (QED) is 0.400. The molecule has 0 saturated heterocycles. The molecule has 0 aromatic carbocycles. The predicted molar refractivity (Wildman–Crippen MR) is 47.3 cm³/mol. The molecule has 4 nitrogen and oxygen atoms in total. The van der Waals surface area contributed by atoms with Crippen LogP contribution in [0.2, 0.25) is 0 Å². The molecule has 0 spiro atoms. The van der Waals surface area contributed by atoms with Gasteiger partial charge in [0, 0.05) is 18.4 Å². The van der Waals surface area contributed by atoms with E-state index in [1.54, 1.807) is 6.92 Å². The number of carboxylic acid groups (broad SMARTS) is 1. The Labute approximate surface area is 77.2 Å². The van der Waals surface area contributed by atoms with Gasteiger partial charge < -0.3 is 9.84 Å². The molecule has 4 heteroatoms. The van der Waals surface area contributed by atoms with Crippen LogP contribution in [-0.2, 0) is 14.3 Å². The van der Waals surface area contributed by atoms with Crippen molar-refractivity contribution in [2.45, 2.75) is 26.7 Å². The van der Waals surface area contributed by atoms with Gasteiger partial charge in [0.25, 0.3) is 0 Å². The molecule has 0 aromatic rings. The first-order valence-corrected chi connectivity index (χ1v) is 4.13. The summed E-state index contributed by atoms with van der Waals surface area (Å²) in [6.45, 7) is 3.46. The van der Waals surface area contributed by atoms with Crippen LogP contribution in [0, 0.1) is 0 Å². The zero-order chi connectivity index (χ0) is 10.3. The van der Waals surface area contributed by atoms with E-state index in [9.17, 15) is 9.59 Å². The minimum Gasteiger partial charge on any atom is -0.478 e. The van der Waals surface area contributed by atoms with Crippen molar-refractivity contribution < 1.29 is 19.4 Å². The van der Waals surface area contributed by atoms with Crippen LogP contribution < -0.4 is 0 Å². The highest BCUT2D eigenvalue weighted by Crippen LogP contribution is 1.96. The van der Waals surface area contributed by atoms with Crippen LogP contribution in [0.5, 0.6) is 0 Å². The van der Waals surface area contributed by atoms with Crippen LogP contribution in [0.1, 0.15) is 26.7 Å². The molecule has 0 amide bonds. The predicted octanol–water partition coefficient (Wildman–Crippen LogP) is 1.36. The van der Waals surface area contributed by atoms with Gasteiger partial charge in [-0.3, -0.25) is 4.79 Å². The van der Waals surface area contributed by atoms with Gasteiger partial charge in [-0.05, 0) is 6.92 Å². The van der Waals surface area contributed by atoms with E-state index in [2.05, 4.69) is 0 Å². The number of carbonyl (C=O) groups excluding carboxylic acids is 1. The molecule has 0 fully saturated rings. The van der Waals surface area contributed by atoms with Crippen molar-refractivity contribution >= 4 is 11.9 Å². The molecule has 0 unspecified atom stereocenters. The Morgan fingerprint density at radius 3 is 2.54 bits per heavy atom. The Bertz CT molecular complexity index is 218. The largest absolute Gasteiger partial charge is 0.478 e. The second-order valence-electron chi connectivity index (χ2n) is 2.55. The third-order valence-electron chi connectivity index (χ3n) is 1.46. The summed E-state index contributed by atoms with van der Waals surface area (Å²) < 4.78 is 4.74. The fourth-order valence-corrected chi connectivity index (χ4v) is 0.638. The number of aliphatic carboxylic acids is 1. The van der Waals surface area contributed by atoms with Crippen molar-refractivity contribution in [2.24, 2.45) is 0 Å². The van der Waals surface area contributed by atoms with E-state index in [0.717, 1.165) is 0 Å². The third-order valence-corrected chi connectivity index (χ3v) is 1.46. The van der Waals surface area contributed by atoms with E-state index < -0.39 is 5.97 Å². The highest BCUT2D eigenvalue weighted by atomic mass is 16.5. The number of hydrogen-bond donors (Lipinski definition) is 1. The van der Waals surface area contributed by atoms with E-state index in [1.165, 1.54) is 13.0 Å². The lowest BCUT2D eigenvalue weighted by atomic mass is 10.2. The molecule has 0 aliphatic carbocycles. The highest BCUT2D eigenvalue weighted by Gasteiger charge is 1.99. The monoisotopic (exact) mass is 186 g/mol. The molecule has 74 valence electrons. The first-order valence-electron chi connectivity index (χ1n) is 4.13. The van der Waals surface area contributed by atoms with E-state index in [1.807, 2.05) is 0 Å². The van der Waals surface area contributed by atoms with Gasteiger partial charge in [-0.15, -0.1) is 0 Å². The Kier molecular flexibility index (Phi) is 5.59. The molecule has 0 heterocycles. The standard InChI is InChI=1S/C9H14O4/c1-3-8(10)13-6-4-5-7(2)9(11)12/h5H,3-4,6H2,1-2H3,(H,11,12). The molecule has 0 bridgehead atoms. The summed E-state index contributed by atoms with van der Waals surface area (Å²) in [4.78, 5) is 20.9. The van der Waals surface area contributed by atoms with Gasteiger partial charge in [-0.1, -0.05) is 13.0 Å². The lowest BCUT2D eigenvalue weighted by Crippen LogP contribution is -2.03. The molecule has 0 rings (SSSR count). The summed E-state index contributed by atoms with van der Waals surface area (Å²) in [5.41, 5.74) is 0.271. The molecule has 1 N–H and O–H groups in total. The van der Waals surface area contributed by atoms with E-state index >= 15 is 0 Å². The molecule has 13 heavy (non-hydrogen) atoms. The Balaban J connectivity index is 3.61. The number of rotatable bonds is 5. The second-order valence-corrected chi connectivity index (χ2v) is 2.55. The van der Waals surface area contributed by atoms with Crippen LogP contribution in [0.3, 0.4) is 0 Å². The number of carbonyl (C=O) groups is 2. The smallest absolute Gasteiger partial charge is 0.330 e. The van der Waals surface area contributed by atoms with Crippen LogP contribution in [0.4, 0.5) is 0 Å². The minimum absolute atomic E-state index is 0.247. The topological polar surface area (TPSA) is 63.6 Å². The molecule has 0 atom stereocenters. The van der Waals surface area contributed by atoms with Gasteiger partial charge in [-0.25, -0.2) is 4.79 Å². The summed E-state index contributed by atoms with van der Waals surface area (Å²) in [6.07, 6.45) is 2.33. The normalized spacial score (nSPS) is 11.1. The lowest BCUT2D eigenvalue weighted by molar-refractivity contribution is -0.143. The molecular formula is C9H14O4. The average molecular weight is 186 g/mol. The van der Waals surface area contributed by atoms with E-state index in [-0.39, 0.29) is 18.1 Å². The van der Waals surface area contributed by atoms with Crippen LogP contribution in [0.15, 0.2) is 11.6 Å². The first-order chi connectivity index (χ1) is 6.07. The summed E-state index contributed by atoms with van der Waals surface area (Å²) in [7, 11) is 0. The highest BCUT2D eigenvalue weighted by molar-refractivity contribution is 5.85. The van der Waals surface area contributed by atoms with Crippen molar-refractivity contribution in [3.05, 3.63) is 11.6 Å². The molecule has 0 aliphatic heterocycles. The summed E-state index contributed by atoms with van der Waals surface area (Å²) in [5.74, 6) is -1.21. The molecule has 0 saturated carbocycles. The Morgan fingerprint density at radius 1 is 1.46 bits per heavy atom. The fourth-order valence-electron chi connectivity index (χ4n) is 0.638. The number of hydrogen-bond acceptors (Lipinski definition) is 3. The van der Waals surface area contributed by atoms with Crippen molar-refractivity contribution in [2.75, 3.05) is 6.61 Å². The maximum atomic E-state index is 10.6. The van der Waals surface area contributed by atoms with Gasteiger partial charge in [0.1, 0.15) is 0 Å². The SMILES string of the molecule is CCC(=O)OCCC=C(C)C(=O)O. The van der Waals surface area contributed by atoms with Gasteiger partial charge in [0.2, 0.25) is 0 Å². The zero-order valence-electron chi connectivity index (χ0n) is 7.87.